The molecule has 0 aliphatic heterocycles. The molecule has 0 spiro atoms. The van der Waals surface area contributed by atoms with E-state index in [1.165, 1.54) is 0 Å². The van der Waals surface area contributed by atoms with Gasteiger partial charge >= 0.3 is 0 Å². The van der Waals surface area contributed by atoms with Gasteiger partial charge in [-0.05, 0) is 18.2 Å². The molecule has 0 bridgehead atoms. The maximum absolute atomic E-state index is 6.11. The van der Waals surface area contributed by atoms with Crippen molar-refractivity contribution >= 4 is 39.8 Å². The first-order valence-corrected chi connectivity index (χ1v) is 7.10. The average Bonchev–Trinajstić information content (AvgIpc) is 2.75. The van der Waals surface area contributed by atoms with Crippen LogP contribution >= 0.6 is 23.2 Å². The van der Waals surface area contributed by atoms with Crippen LogP contribution in [0.15, 0.2) is 36.4 Å². The van der Waals surface area contributed by atoms with Crippen LogP contribution in [0.5, 0.6) is 5.75 Å². The lowest BCUT2D eigenvalue weighted by Gasteiger charge is -2.09. The summed E-state index contributed by atoms with van der Waals surface area (Å²) in [6.45, 7) is 0.282. The first-order chi connectivity index (χ1) is 10.1. The minimum atomic E-state index is 0.282. The number of nitrogens with two attached hydrogens (primary N) is 1. The van der Waals surface area contributed by atoms with Crippen LogP contribution in [0, 0.1) is 0 Å². The van der Waals surface area contributed by atoms with E-state index in [1.54, 1.807) is 12.1 Å². The van der Waals surface area contributed by atoms with Crippen molar-refractivity contribution < 1.29 is 4.74 Å². The third kappa shape index (κ3) is 2.64. The fraction of sp³-hybridized carbons (Fsp3) is 0.133. The first kappa shape index (κ1) is 14.0. The molecule has 3 rings (SSSR count). The molecular formula is C15H13Cl2N3O. The average molecular weight is 322 g/mol. The fourth-order valence-electron chi connectivity index (χ4n) is 2.25. The van der Waals surface area contributed by atoms with E-state index < -0.39 is 0 Å². The van der Waals surface area contributed by atoms with Gasteiger partial charge in [0.1, 0.15) is 12.3 Å². The van der Waals surface area contributed by atoms with E-state index in [-0.39, 0.29) is 6.61 Å². The summed E-state index contributed by atoms with van der Waals surface area (Å²) in [7, 11) is 1.90. The van der Waals surface area contributed by atoms with Crippen LogP contribution in [0.2, 0.25) is 10.0 Å². The highest BCUT2D eigenvalue weighted by molar-refractivity contribution is 6.37. The van der Waals surface area contributed by atoms with Crippen molar-refractivity contribution in [2.24, 2.45) is 7.05 Å². The lowest BCUT2D eigenvalue weighted by molar-refractivity contribution is 0.302. The van der Waals surface area contributed by atoms with Gasteiger partial charge in [-0.3, -0.25) is 4.68 Å². The van der Waals surface area contributed by atoms with E-state index in [1.807, 2.05) is 36.0 Å². The molecule has 2 aromatic carbocycles. The minimum Gasteiger partial charge on any atom is -0.484 e. The normalized spacial score (nSPS) is 11.0. The number of hydrogen-bond acceptors (Lipinski definition) is 3. The van der Waals surface area contributed by atoms with Gasteiger partial charge in [0.25, 0.3) is 0 Å². The van der Waals surface area contributed by atoms with Crippen LogP contribution in [0.4, 0.5) is 5.69 Å². The summed E-state index contributed by atoms with van der Waals surface area (Å²) >= 11 is 12.2. The number of nitrogens with zero attached hydrogens (tertiary/aromatic N) is 2. The number of halogens is 2. The van der Waals surface area contributed by atoms with Gasteiger partial charge in [-0.25, -0.2) is 0 Å². The minimum absolute atomic E-state index is 0.282. The number of nitrogen functional groups attached to an aromatic ring is 1. The van der Waals surface area contributed by atoms with E-state index in [4.69, 9.17) is 33.7 Å². The number of benzene rings is 2. The van der Waals surface area contributed by atoms with Crippen LogP contribution < -0.4 is 10.5 Å². The smallest absolute Gasteiger partial charge is 0.157 e. The first-order valence-electron chi connectivity index (χ1n) is 6.34. The van der Waals surface area contributed by atoms with Gasteiger partial charge in [0.2, 0.25) is 0 Å². The third-order valence-corrected chi connectivity index (χ3v) is 3.77. The SMILES string of the molecule is Cn1nc(COc2c(Cl)cc(N)cc2Cl)c2ccccc21. The molecule has 2 N–H and O–H groups in total. The number of para-hydroxylation sites is 1. The number of aryl methyl sites for hydroxylation is 1. The highest BCUT2D eigenvalue weighted by atomic mass is 35.5. The van der Waals surface area contributed by atoms with Gasteiger partial charge in [0.05, 0.1) is 15.6 Å². The van der Waals surface area contributed by atoms with Crippen molar-refractivity contribution in [3.63, 3.8) is 0 Å². The van der Waals surface area contributed by atoms with E-state index in [0.717, 1.165) is 16.6 Å². The molecule has 0 radical (unpaired) electrons. The maximum atomic E-state index is 6.11. The van der Waals surface area contributed by atoms with Crippen molar-refractivity contribution in [1.82, 2.24) is 9.78 Å². The van der Waals surface area contributed by atoms with Gasteiger partial charge < -0.3 is 10.5 Å². The van der Waals surface area contributed by atoms with Crippen LogP contribution in [0.25, 0.3) is 10.9 Å². The molecule has 0 unspecified atom stereocenters. The Morgan fingerprint density at radius 3 is 2.57 bits per heavy atom. The molecule has 0 saturated carbocycles. The van der Waals surface area contributed by atoms with Gasteiger partial charge in [-0.2, -0.15) is 5.10 Å². The van der Waals surface area contributed by atoms with Crippen molar-refractivity contribution in [3.05, 3.63) is 52.1 Å². The lowest BCUT2D eigenvalue weighted by atomic mass is 10.2. The molecule has 21 heavy (non-hydrogen) atoms. The molecule has 1 heterocycles. The number of ether oxygens (including phenoxy) is 1. The van der Waals surface area contributed by atoms with E-state index in [9.17, 15) is 0 Å². The molecule has 0 amide bonds. The van der Waals surface area contributed by atoms with Crippen LogP contribution in [0.1, 0.15) is 5.69 Å². The van der Waals surface area contributed by atoms with Crippen LogP contribution in [0.3, 0.4) is 0 Å². The second kappa shape index (κ2) is 5.47. The summed E-state index contributed by atoms with van der Waals surface area (Å²) in [5, 5.41) is 6.28. The predicted octanol–water partition coefficient (Wildman–Crippen LogP) is 4.04. The summed E-state index contributed by atoms with van der Waals surface area (Å²) in [5.74, 6) is 0.419. The summed E-state index contributed by atoms with van der Waals surface area (Å²) in [4.78, 5) is 0. The van der Waals surface area contributed by atoms with Crippen molar-refractivity contribution in [3.8, 4) is 5.75 Å². The molecule has 0 aliphatic rings. The Morgan fingerprint density at radius 2 is 1.86 bits per heavy atom. The number of rotatable bonds is 3. The second-order valence-electron chi connectivity index (χ2n) is 4.69. The molecule has 0 fully saturated rings. The zero-order valence-electron chi connectivity index (χ0n) is 11.3. The summed E-state index contributed by atoms with van der Waals surface area (Å²) in [6, 6.07) is 11.2. The summed E-state index contributed by atoms with van der Waals surface area (Å²) < 4.78 is 7.55. The molecule has 0 atom stereocenters. The van der Waals surface area contributed by atoms with Gasteiger partial charge in [0.15, 0.2) is 5.75 Å². The monoisotopic (exact) mass is 321 g/mol. The lowest BCUT2D eigenvalue weighted by Crippen LogP contribution is -2.00. The largest absolute Gasteiger partial charge is 0.484 e. The number of aromatic nitrogens is 2. The summed E-state index contributed by atoms with van der Waals surface area (Å²) in [6.07, 6.45) is 0. The van der Waals surface area contributed by atoms with Gasteiger partial charge in [0, 0.05) is 18.1 Å². The molecule has 0 aliphatic carbocycles. The Morgan fingerprint density at radius 1 is 1.19 bits per heavy atom. The second-order valence-corrected chi connectivity index (χ2v) is 5.50. The molecule has 1 aromatic heterocycles. The molecule has 3 aromatic rings. The fourth-order valence-corrected chi connectivity index (χ4v) is 2.87. The Kier molecular flexibility index (Phi) is 3.66. The van der Waals surface area contributed by atoms with E-state index in [2.05, 4.69) is 5.10 Å². The highest BCUT2D eigenvalue weighted by Crippen LogP contribution is 2.35. The zero-order valence-corrected chi connectivity index (χ0v) is 12.8. The Hall–Kier alpha value is -1.91. The highest BCUT2D eigenvalue weighted by Gasteiger charge is 2.12. The number of anilines is 1. The Labute approximate surface area is 132 Å². The molecule has 4 nitrogen and oxygen atoms in total. The molecule has 6 heteroatoms. The van der Waals surface area contributed by atoms with Gasteiger partial charge in [-0.15, -0.1) is 0 Å². The van der Waals surface area contributed by atoms with Crippen molar-refractivity contribution in [2.75, 3.05) is 5.73 Å². The zero-order chi connectivity index (χ0) is 15.0. The van der Waals surface area contributed by atoms with E-state index >= 15 is 0 Å². The molecule has 0 saturated heterocycles. The maximum Gasteiger partial charge on any atom is 0.157 e. The predicted molar refractivity (Wildman–Crippen MR) is 85.9 cm³/mol. The number of hydrogen-bond donors (Lipinski definition) is 1. The van der Waals surface area contributed by atoms with Crippen LogP contribution in [-0.4, -0.2) is 9.78 Å². The topological polar surface area (TPSA) is 53.1 Å². The number of fused-ring (bicyclic) bond motifs is 1. The summed E-state index contributed by atoms with van der Waals surface area (Å²) in [5.41, 5.74) is 8.05. The molecule has 108 valence electrons. The van der Waals surface area contributed by atoms with Gasteiger partial charge in [-0.1, -0.05) is 41.4 Å². The standard InChI is InChI=1S/C15H13Cl2N3O/c1-20-14-5-3-2-4-10(14)13(19-20)8-21-15-11(16)6-9(18)7-12(15)17/h2-7H,8,18H2,1H3. The third-order valence-electron chi connectivity index (χ3n) is 3.21. The van der Waals surface area contributed by atoms with E-state index in [0.29, 0.717) is 21.5 Å². The van der Waals surface area contributed by atoms with Crippen LogP contribution in [-0.2, 0) is 13.7 Å². The quantitative estimate of drug-likeness (QED) is 0.740. The Bertz CT molecular complexity index is 791. The van der Waals surface area contributed by atoms with Crippen molar-refractivity contribution in [2.45, 2.75) is 6.61 Å². The molecular weight excluding hydrogens is 309 g/mol. The van der Waals surface area contributed by atoms with Crippen molar-refractivity contribution in [1.29, 1.82) is 0 Å². The Balaban J connectivity index is 1.91.